The first-order valence-electron chi connectivity index (χ1n) is 6.23. The summed E-state index contributed by atoms with van der Waals surface area (Å²) in [6.07, 6.45) is 4.22. The zero-order valence-corrected chi connectivity index (χ0v) is 11.0. The lowest BCUT2D eigenvalue weighted by molar-refractivity contribution is -0.490. The number of hydrogen-bond donors (Lipinski definition) is 0. The van der Waals surface area contributed by atoms with Crippen LogP contribution in [0, 0.1) is 10.1 Å². The molecule has 106 valence electrons. The van der Waals surface area contributed by atoms with Crippen molar-refractivity contribution in [3.8, 4) is 0 Å². The molecule has 0 fully saturated rings. The molecule has 0 saturated carbocycles. The minimum atomic E-state index is -1.41. The Morgan fingerprint density at radius 1 is 1.19 bits per heavy atom. The maximum atomic E-state index is 11.6. The minimum absolute atomic E-state index is 0.163. The van der Waals surface area contributed by atoms with Gasteiger partial charge in [0.25, 0.3) is 6.04 Å². The summed E-state index contributed by atoms with van der Waals surface area (Å²) in [6.45, 7) is 0.274. The molecule has 1 aliphatic carbocycles. The Labute approximate surface area is 120 Å². The van der Waals surface area contributed by atoms with E-state index in [1.165, 1.54) is 0 Å². The number of rotatable bonds is 5. The van der Waals surface area contributed by atoms with E-state index >= 15 is 0 Å². The van der Waals surface area contributed by atoms with Crippen LogP contribution in [-0.4, -0.2) is 28.7 Å². The SMILES string of the molecule is O=C1C=CC(=O)C(C(C=NCc2ccccc2)[N+](=O)[O-])=C1. The van der Waals surface area contributed by atoms with Gasteiger partial charge < -0.3 is 0 Å². The number of aliphatic imine (C=N–C) groups is 1. The van der Waals surface area contributed by atoms with Gasteiger partial charge in [-0.15, -0.1) is 0 Å². The molecular weight excluding hydrogens is 272 g/mol. The van der Waals surface area contributed by atoms with Gasteiger partial charge in [-0.05, 0) is 23.8 Å². The summed E-state index contributed by atoms with van der Waals surface area (Å²) in [7, 11) is 0. The highest BCUT2D eigenvalue weighted by molar-refractivity contribution is 6.19. The van der Waals surface area contributed by atoms with Crippen molar-refractivity contribution in [3.63, 3.8) is 0 Å². The maximum absolute atomic E-state index is 11.6. The normalized spacial score (nSPS) is 16.1. The van der Waals surface area contributed by atoms with Gasteiger partial charge in [-0.25, -0.2) is 0 Å². The van der Waals surface area contributed by atoms with Gasteiger partial charge in [0.2, 0.25) is 0 Å². The lowest BCUT2D eigenvalue weighted by Gasteiger charge is -2.08. The number of nitro groups is 1. The molecule has 1 atom stereocenters. The predicted molar refractivity (Wildman–Crippen MR) is 76.7 cm³/mol. The lowest BCUT2D eigenvalue weighted by Crippen LogP contribution is -2.29. The highest BCUT2D eigenvalue weighted by atomic mass is 16.6. The van der Waals surface area contributed by atoms with E-state index in [1.54, 1.807) is 0 Å². The number of carbonyl (C=O) groups is 2. The van der Waals surface area contributed by atoms with Crippen LogP contribution in [0.2, 0.25) is 0 Å². The number of carbonyl (C=O) groups excluding carboxylic acids is 2. The van der Waals surface area contributed by atoms with Gasteiger partial charge in [-0.3, -0.25) is 24.7 Å². The van der Waals surface area contributed by atoms with Crippen LogP contribution in [0.3, 0.4) is 0 Å². The Hall–Kier alpha value is -2.89. The summed E-state index contributed by atoms with van der Waals surface area (Å²) in [5, 5.41) is 11.1. The van der Waals surface area contributed by atoms with Crippen molar-refractivity contribution in [3.05, 3.63) is 69.8 Å². The summed E-state index contributed by atoms with van der Waals surface area (Å²) in [4.78, 5) is 37.4. The second-order valence-corrected chi connectivity index (χ2v) is 4.41. The quantitative estimate of drug-likeness (QED) is 0.355. The van der Waals surface area contributed by atoms with Gasteiger partial charge in [0, 0.05) is 4.92 Å². The van der Waals surface area contributed by atoms with E-state index < -0.39 is 22.5 Å². The second kappa shape index (κ2) is 6.51. The van der Waals surface area contributed by atoms with Gasteiger partial charge in [0.05, 0.1) is 18.3 Å². The molecule has 1 aromatic carbocycles. The topological polar surface area (TPSA) is 89.6 Å². The van der Waals surface area contributed by atoms with Crippen LogP contribution in [0.5, 0.6) is 0 Å². The van der Waals surface area contributed by atoms with Gasteiger partial charge in [-0.2, -0.15) is 0 Å². The van der Waals surface area contributed by atoms with E-state index in [1.807, 2.05) is 30.3 Å². The van der Waals surface area contributed by atoms with E-state index in [0.717, 1.165) is 30.0 Å². The Morgan fingerprint density at radius 3 is 2.57 bits per heavy atom. The Morgan fingerprint density at radius 2 is 1.90 bits per heavy atom. The molecule has 0 spiro atoms. The van der Waals surface area contributed by atoms with E-state index in [9.17, 15) is 19.7 Å². The molecule has 0 radical (unpaired) electrons. The monoisotopic (exact) mass is 284 g/mol. The van der Waals surface area contributed by atoms with Crippen molar-refractivity contribution in [2.45, 2.75) is 12.6 Å². The summed E-state index contributed by atoms with van der Waals surface area (Å²) >= 11 is 0. The largest absolute Gasteiger partial charge is 0.290 e. The second-order valence-electron chi connectivity index (χ2n) is 4.41. The van der Waals surface area contributed by atoms with Crippen LogP contribution in [0.15, 0.2) is 59.1 Å². The third-order valence-electron chi connectivity index (χ3n) is 2.89. The summed E-state index contributed by atoms with van der Waals surface area (Å²) in [5.41, 5.74) is 0.736. The fourth-order valence-corrected chi connectivity index (χ4v) is 1.85. The van der Waals surface area contributed by atoms with Gasteiger partial charge >= 0.3 is 0 Å². The molecule has 0 saturated heterocycles. The highest BCUT2D eigenvalue weighted by Crippen LogP contribution is 2.12. The van der Waals surface area contributed by atoms with E-state index in [2.05, 4.69) is 4.99 Å². The standard InChI is InChI=1S/C15H12N2O4/c18-12-6-7-15(19)13(8-12)14(17(20)21)10-16-9-11-4-2-1-3-5-11/h1-8,10,14H,9H2. The molecule has 6 nitrogen and oxygen atoms in total. The Kier molecular flexibility index (Phi) is 4.50. The number of allylic oxidation sites excluding steroid dienone is 3. The van der Waals surface area contributed by atoms with Crippen LogP contribution in [0.25, 0.3) is 0 Å². The molecule has 1 aliphatic rings. The van der Waals surface area contributed by atoms with Gasteiger partial charge in [0.1, 0.15) is 0 Å². The summed E-state index contributed by atoms with van der Waals surface area (Å²) < 4.78 is 0. The van der Waals surface area contributed by atoms with Crippen LogP contribution in [-0.2, 0) is 16.1 Å². The molecule has 1 aromatic rings. The molecule has 0 N–H and O–H groups in total. The fourth-order valence-electron chi connectivity index (χ4n) is 1.85. The van der Waals surface area contributed by atoms with Crippen molar-refractivity contribution in [1.82, 2.24) is 0 Å². The fraction of sp³-hybridized carbons (Fsp3) is 0.133. The molecule has 0 amide bonds. The van der Waals surface area contributed by atoms with Gasteiger partial charge in [0.15, 0.2) is 11.6 Å². The average molecular weight is 284 g/mol. The average Bonchev–Trinajstić information content (AvgIpc) is 2.47. The van der Waals surface area contributed by atoms with Gasteiger partial charge in [-0.1, -0.05) is 30.3 Å². The Balaban J connectivity index is 2.15. The number of ketones is 2. The molecule has 0 aliphatic heterocycles. The molecule has 1 unspecified atom stereocenters. The molecule has 0 bridgehead atoms. The molecule has 2 rings (SSSR count). The smallest absolute Gasteiger partial charge is 0.276 e. The van der Waals surface area contributed by atoms with Crippen molar-refractivity contribution < 1.29 is 14.5 Å². The molecule has 6 heteroatoms. The van der Waals surface area contributed by atoms with E-state index in [4.69, 9.17) is 0 Å². The number of hydrogen-bond acceptors (Lipinski definition) is 5. The molecule has 0 heterocycles. The minimum Gasteiger partial charge on any atom is -0.290 e. The van der Waals surface area contributed by atoms with Crippen molar-refractivity contribution >= 4 is 17.8 Å². The van der Waals surface area contributed by atoms with Crippen molar-refractivity contribution in [2.75, 3.05) is 0 Å². The maximum Gasteiger partial charge on any atom is 0.276 e. The lowest BCUT2D eigenvalue weighted by atomic mass is 9.98. The molecule has 21 heavy (non-hydrogen) atoms. The zero-order valence-electron chi connectivity index (χ0n) is 11.0. The van der Waals surface area contributed by atoms with E-state index in [-0.39, 0.29) is 12.1 Å². The van der Waals surface area contributed by atoms with Crippen LogP contribution < -0.4 is 0 Å². The van der Waals surface area contributed by atoms with Crippen LogP contribution in [0.1, 0.15) is 5.56 Å². The summed E-state index contributed by atoms with van der Waals surface area (Å²) in [6, 6.07) is 7.82. The van der Waals surface area contributed by atoms with Crippen LogP contribution >= 0.6 is 0 Å². The predicted octanol–water partition coefficient (Wildman–Crippen LogP) is 1.54. The Bertz CT molecular complexity index is 660. The number of benzene rings is 1. The van der Waals surface area contributed by atoms with Crippen LogP contribution in [0.4, 0.5) is 0 Å². The highest BCUT2D eigenvalue weighted by Gasteiger charge is 2.30. The zero-order chi connectivity index (χ0) is 15.2. The van der Waals surface area contributed by atoms with E-state index in [0.29, 0.717) is 0 Å². The van der Waals surface area contributed by atoms with Crippen molar-refractivity contribution in [2.24, 2.45) is 4.99 Å². The van der Waals surface area contributed by atoms with Crippen molar-refractivity contribution in [1.29, 1.82) is 0 Å². The molecular formula is C15H12N2O4. The molecule has 0 aromatic heterocycles. The third kappa shape index (κ3) is 3.79. The first-order valence-corrected chi connectivity index (χ1v) is 6.23. The first kappa shape index (κ1) is 14.5. The summed E-state index contributed by atoms with van der Waals surface area (Å²) in [5.74, 6) is -0.977. The first-order chi connectivity index (χ1) is 10.1. The number of nitrogens with zero attached hydrogens (tertiary/aromatic N) is 2. The third-order valence-corrected chi connectivity index (χ3v) is 2.89.